The van der Waals surface area contributed by atoms with Gasteiger partial charge >= 0.3 is 5.97 Å². The first-order chi connectivity index (χ1) is 29.6. The zero-order chi connectivity index (χ0) is 45.5. The molecule has 1 aromatic heterocycles. The van der Waals surface area contributed by atoms with Crippen molar-refractivity contribution in [3.05, 3.63) is 64.1 Å². The maximum absolute atomic E-state index is 14.5. The van der Waals surface area contributed by atoms with E-state index in [1.165, 1.54) is 28.4 Å². The van der Waals surface area contributed by atoms with Crippen LogP contribution in [0.3, 0.4) is 0 Å². The molecule has 3 heterocycles. The number of aromatic nitrogens is 1. The summed E-state index contributed by atoms with van der Waals surface area (Å²) in [5.41, 5.74) is 1.17. The number of hydrogen-bond acceptors (Lipinski definition) is 10. The minimum absolute atomic E-state index is 0.0213. The average molecular weight is 879 g/mol. The highest BCUT2D eigenvalue weighted by Gasteiger charge is 2.38. The van der Waals surface area contributed by atoms with Crippen molar-refractivity contribution in [2.24, 2.45) is 17.8 Å². The van der Waals surface area contributed by atoms with E-state index < -0.39 is 42.0 Å². The number of aliphatic carboxylic acids is 1. The molecule has 1 aromatic carbocycles. The molecule has 1 unspecified atom stereocenters. The molecule has 15 nitrogen and oxygen atoms in total. The maximum atomic E-state index is 14.5. The van der Waals surface area contributed by atoms with Gasteiger partial charge in [0.25, 0.3) is 17.7 Å². The van der Waals surface area contributed by atoms with E-state index >= 15 is 0 Å². The Bertz CT molecular complexity index is 1870. The summed E-state index contributed by atoms with van der Waals surface area (Å²) in [5.74, 6) is -3.62. The first kappa shape index (κ1) is 49.7. The van der Waals surface area contributed by atoms with Gasteiger partial charge in [-0.15, -0.1) is 11.3 Å². The molecule has 340 valence electrons. The summed E-state index contributed by atoms with van der Waals surface area (Å²) in [6.45, 7) is 10.3. The molecule has 3 N–H and O–H groups in total. The van der Waals surface area contributed by atoms with Crippen molar-refractivity contribution in [3.63, 3.8) is 0 Å². The second-order valence-electron chi connectivity index (χ2n) is 17.1. The van der Waals surface area contributed by atoms with Crippen LogP contribution < -0.4 is 10.6 Å². The van der Waals surface area contributed by atoms with Crippen molar-refractivity contribution >= 4 is 52.7 Å². The zero-order valence-corrected chi connectivity index (χ0v) is 38.2. The van der Waals surface area contributed by atoms with E-state index in [0.717, 1.165) is 18.4 Å². The molecule has 2 aliphatic rings. The summed E-state index contributed by atoms with van der Waals surface area (Å²) in [5, 5.41) is 17.9. The van der Waals surface area contributed by atoms with Crippen molar-refractivity contribution in [1.29, 1.82) is 0 Å². The molecule has 0 bridgehead atoms. The van der Waals surface area contributed by atoms with Crippen LogP contribution in [0.15, 0.2) is 47.9 Å². The van der Waals surface area contributed by atoms with Crippen molar-refractivity contribution in [3.8, 4) is 0 Å². The number of carboxylic acid groups (broad SMARTS) is 1. The second-order valence-corrected chi connectivity index (χ2v) is 18.0. The number of hydrogen-bond donors (Lipinski definition) is 3. The lowest BCUT2D eigenvalue weighted by Gasteiger charge is -2.39. The second kappa shape index (κ2) is 24.0. The lowest BCUT2D eigenvalue weighted by Crippen LogP contribution is -2.59. The SMILES string of the molecule is CC[C@H](C)[C@H](NC(=O)C1CCCCN1C(=O)CCCCCN1C(=O)C=CC1=O)C(=O)N(C)[C@H](C[C@@H](OC)c1nc(C(=O)N[C@@H](Cc2ccccc2)C[C@H](C)C(=O)O)cs1)C(C)C. The third-order valence-electron chi connectivity index (χ3n) is 12.2. The quantitative estimate of drug-likeness (QED) is 0.0889. The van der Waals surface area contributed by atoms with E-state index in [1.807, 2.05) is 58.0 Å². The van der Waals surface area contributed by atoms with Crippen LogP contribution in [0.2, 0.25) is 0 Å². The summed E-state index contributed by atoms with van der Waals surface area (Å²) in [7, 11) is 3.29. The third-order valence-corrected chi connectivity index (χ3v) is 13.1. The number of piperidine rings is 1. The first-order valence-electron chi connectivity index (χ1n) is 22.0. The predicted octanol–water partition coefficient (Wildman–Crippen LogP) is 5.55. The minimum Gasteiger partial charge on any atom is -0.481 e. The topological polar surface area (TPSA) is 196 Å². The van der Waals surface area contributed by atoms with Crippen molar-refractivity contribution < 1.29 is 43.4 Å². The van der Waals surface area contributed by atoms with E-state index in [-0.39, 0.29) is 65.9 Å². The van der Waals surface area contributed by atoms with Gasteiger partial charge < -0.3 is 30.3 Å². The van der Waals surface area contributed by atoms with Crippen LogP contribution >= 0.6 is 11.3 Å². The van der Waals surface area contributed by atoms with Crippen LogP contribution in [0.25, 0.3) is 0 Å². The van der Waals surface area contributed by atoms with Gasteiger partial charge in [-0.25, -0.2) is 4.98 Å². The van der Waals surface area contributed by atoms with Gasteiger partial charge in [-0.3, -0.25) is 38.5 Å². The average Bonchev–Trinajstić information content (AvgIpc) is 3.88. The number of nitrogens with zero attached hydrogens (tertiary/aromatic N) is 4. The molecular formula is C46H66N6O9S. The molecule has 16 heteroatoms. The lowest BCUT2D eigenvalue weighted by molar-refractivity contribution is -0.145. The van der Waals surface area contributed by atoms with Gasteiger partial charge in [-0.05, 0) is 62.3 Å². The Labute approximate surface area is 370 Å². The molecule has 0 saturated carbocycles. The van der Waals surface area contributed by atoms with Crippen molar-refractivity contribution in [1.82, 2.24) is 30.3 Å². The predicted molar refractivity (Wildman–Crippen MR) is 236 cm³/mol. The number of likely N-dealkylation sites (N-methyl/N-ethyl adjacent to an activating group) is 1. The number of ether oxygens (including phenoxy) is 1. The molecular weight excluding hydrogens is 813 g/mol. The number of carbonyl (C=O) groups excluding carboxylic acids is 6. The van der Waals surface area contributed by atoms with Crippen LogP contribution in [0.5, 0.6) is 0 Å². The number of amides is 6. The molecule has 1 saturated heterocycles. The molecule has 0 aliphatic carbocycles. The van der Waals surface area contributed by atoms with Crippen molar-refractivity contribution in [2.75, 3.05) is 27.2 Å². The number of rotatable bonds is 24. The van der Waals surface area contributed by atoms with Crippen LogP contribution in [-0.2, 0) is 39.9 Å². The monoisotopic (exact) mass is 878 g/mol. The Balaban J connectivity index is 1.40. The molecule has 4 rings (SSSR count). The van der Waals surface area contributed by atoms with E-state index in [2.05, 4.69) is 15.6 Å². The number of benzene rings is 1. The number of imide groups is 1. The minimum atomic E-state index is -0.938. The molecule has 2 aromatic rings. The molecule has 1 fully saturated rings. The van der Waals surface area contributed by atoms with Crippen LogP contribution in [0.4, 0.5) is 0 Å². The van der Waals surface area contributed by atoms with Gasteiger partial charge in [0.15, 0.2) is 0 Å². The number of methoxy groups -OCH3 is 1. The van der Waals surface area contributed by atoms with Gasteiger partial charge in [-0.1, -0.05) is 77.8 Å². The molecule has 0 spiro atoms. The fraction of sp³-hybridized carbons (Fsp3) is 0.609. The van der Waals surface area contributed by atoms with Crippen LogP contribution in [-0.4, -0.2) is 118 Å². The molecule has 0 radical (unpaired) electrons. The standard InChI is InChI=1S/C46H66N6O9S/c1-8-30(4)41(49-43(57)35-19-14-16-23-51(35)38(53)20-13-10-15-24-52-39(54)21-22-40(52)55)45(58)50(6)36(29(2)3)27-37(61-7)44-48-34(28-62-44)42(56)47-33(25-31(5)46(59)60)26-32-17-11-9-12-18-32/h9,11-12,17-18,21-22,28-31,33,35-37,41H,8,10,13-16,19-20,23-27H2,1-7H3,(H,47,56)(H,49,57)(H,59,60)/t30-,31-,33+,35?,36+,37+,41-/m0/s1. The van der Waals surface area contributed by atoms with Gasteiger partial charge in [0.2, 0.25) is 17.7 Å². The van der Waals surface area contributed by atoms with Crippen LogP contribution in [0.1, 0.15) is 126 Å². The normalized spacial score (nSPS) is 18.2. The molecule has 7 atom stereocenters. The third kappa shape index (κ3) is 13.8. The lowest BCUT2D eigenvalue weighted by atomic mass is 9.92. The number of thiazole rings is 1. The highest BCUT2D eigenvalue weighted by Crippen LogP contribution is 2.31. The van der Waals surface area contributed by atoms with E-state index in [9.17, 15) is 38.7 Å². The number of carbonyl (C=O) groups is 7. The number of carboxylic acids is 1. The van der Waals surface area contributed by atoms with Crippen molar-refractivity contribution in [2.45, 2.75) is 136 Å². The Morgan fingerprint density at radius 1 is 0.968 bits per heavy atom. The van der Waals surface area contributed by atoms with E-state index in [4.69, 9.17) is 4.74 Å². The summed E-state index contributed by atoms with van der Waals surface area (Å²) >= 11 is 1.28. The smallest absolute Gasteiger partial charge is 0.306 e. The summed E-state index contributed by atoms with van der Waals surface area (Å²) < 4.78 is 5.93. The number of likely N-dealkylation sites (tertiary alicyclic amines) is 1. The number of nitrogens with one attached hydrogen (secondary N) is 2. The highest BCUT2D eigenvalue weighted by atomic mass is 32.1. The molecule has 62 heavy (non-hydrogen) atoms. The summed E-state index contributed by atoms with van der Waals surface area (Å²) in [6.07, 6.45) is 7.74. The highest BCUT2D eigenvalue weighted by molar-refractivity contribution is 7.09. The Kier molecular flexibility index (Phi) is 19.3. The first-order valence-corrected chi connectivity index (χ1v) is 22.9. The summed E-state index contributed by atoms with van der Waals surface area (Å²) in [6, 6.07) is 7.26. The Morgan fingerprint density at radius 2 is 1.66 bits per heavy atom. The fourth-order valence-corrected chi connectivity index (χ4v) is 9.04. The van der Waals surface area contributed by atoms with Crippen LogP contribution in [0, 0.1) is 17.8 Å². The zero-order valence-electron chi connectivity index (χ0n) is 37.3. The number of unbranched alkanes of at least 4 members (excludes halogenated alkanes) is 2. The van der Waals surface area contributed by atoms with Gasteiger partial charge in [-0.2, -0.15) is 0 Å². The molecule has 6 amide bonds. The Morgan fingerprint density at radius 3 is 2.29 bits per heavy atom. The maximum Gasteiger partial charge on any atom is 0.306 e. The Hall–Kier alpha value is -4.96. The van der Waals surface area contributed by atoms with Gasteiger partial charge in [0, 0.05) is 69.7 Å². The van der Waals surface area contributed by atoms with E-state index in [1.54, 1.807) is 36.3 Å². The van der Waals surface area contributed by atoms with Gasteiger partial charge in [0.1, 0.15) is 28.9 Å². The molecule has 2 aliphatic heterocycles. The van der Waals surface area contributed by atoms with Gasteiger partial charge in [0.05, 0.1) is 5.92 Å². The fourth-order valence-electron chi connectivity index (χ4n) is 8.15. The van der Waals surface area contributed by atoms with E-state index in [0.29, 0.717) is 63.0 Å². The largest absolute Gasteiger partial charge is 0.481 e. The summed E-state index contributed by atoms with van der Waals surface area (Å²) in [4.78, 5) is 100.0.